The molecule has 1 heterocycles. The topological polar surface area (TPSA) is 62.3 Å². The van der Waals surface area contributed by atoms with E-state index in [2.05, 4.69) is 11.8 Å². The fraction of sp³-hybridized carbons (Fsp3) is 0.923. The van der Waals surface area contributed by atoms with E-state index < -0.39 is 0 Å². The zero-order chi connectivity index (χ0) is 12.9. The van der Waals surface area contributed by atoms with E-state index in [-0.39, 0.29) is 11.3 Å². The summed E-state index contributed by atoms with van der Waals surface area (Å²) in [6.45, 7) is 10.3. The minimum absolute atomic E-state index is 0.186. The molecule has 0 radical (unpaired) electrons. The van der Waals surface area contributed by atoms with Crippen molar-refractivity contribution in [2.75, 3.05) is 26.2 Å². The summed E-state index contributed by atoms with van der Waals surface area (Å²) in [5.41, 5.74) is 5.42. The van der Waals surface area contributed by atoms with Crippen LogP contribution in [0.25, 0.3) is 0 Å². The first kappa shape index (κ1) is 14.5. The molecule has 0 aromatic rings. The smallest absolute Gasteiger partial charge is 0.0963 e. The van der Waals surface area contributed by atoms with Gasteiger partial charge < -0.3 is 15.4 Å². The van der Waals surface area contributed by atoms with Gasteiger partial charge in [0.2, 0.25) is 0 Å². The molecule has 1 aliphatic heterocycles. The van der Waals surface area contributed by atoms with Crippen molar-refractivity contribution in [3.8, 4) is 0 Å². The molecule has 0 saturated carbocycles. The van der Waals surface area contributed by atoms with Gasteiger partial charge in [-0.25, -0.2) is 0 Å². The molecule has 1 unspecified atom stereocenters. The van der Waals surface area contributed by atoms with Crippen molar-refractivity contribution in [1.29, 1.82) is 5.41 Å². The highest BCUT2D eigenvalue weighted by atomic mass is 16.5. The minimum Gasteiger partial charge on any atom is -0.387 e. The molecule has 3 N–H and O–H groups in total. The van der Waals surface area contributed by atoms with Crippen molar-refractivity contribution >= 4 is 5.84 Å². The third kappa shape index (κ3) is 4.64. The average molecular weight is 241 g/mol. The molecule has 1 rings (SSSR count). The molecule has 4 heteroatoms. The van der Waals surface area contributed by atoms with Crippen LogP contribution in [0.1, 0.15) is 40.0 Å². The standard InChI is InChI=1S/C13H27N3O/c1-4-11-10-16(7-5-9-17-11)8-6-13(2,3)12(14)15/h11H,4-10H2,1-3H3,(H3,14,15). The van der Waals surface area contributed by atoms with Crippen molar-refractivity contribution in [1.82, 2.24) is 4.90 Å². The predicted molar refractivity (Wildman–Crippen MR) is 71.4 cm³/mol. The lowest BCUT2D eigenvalue weighted by Gasteiger charge is -2.28. The molecule has 1 aliphatic rings. The molecule has 0 amide bonds. The van der Waals surface area contributed by atoms with E-state index in [1.807, 2.05) is 13.8 Å². The Morgan fingerprint density at radius 3 is 2.82 bits per heavy atom. The van der Waals surface area contributed by atoms with Gasteiger partial charge in [0, 0.05) is 25.1 Å². The lowest BCUT2D eigenvalue weighted by Crippen LogP contribution is -2.38. The Hall–Kier alpha value is -0.610. The maximum atomic E-state index is 7.57. The monoisotopic (exact) mass is 241 g/mol. The summed E-state index contributed by atoms with van der Waals surface area (Å²) >= 11 is 0. The van der Waals surface area contributed by atoms with E-state index in [0.717, 1.165) is 45.5 Å². The van der Waals surface area contributed by atoms with Gasteiger partial charge in [0.1, 0.15) is 0 Å². The fourth-order valence-corrected chi connectivity index (χ4v) is 1.99. The Labute approximate surface area is 105 Å². The Balaban J connectivity index is 2.42. The van der Waals surface area contributed by atoms with Gasteiger partial charge in [-0.05, 0) is 25.8 Å². The molecule has 0 aromatic carbocycles. The van der Waals surface area contributed by atoms with Crippen LogP contribution in [0.4, 0.5) is 0 Å². The molecule has 1 atom stereocenters. The maximum Gasteiger partial charge on any atom is 0.0963 e. The first-order valence-corrected chi connectivity index (χ1v) is 6.64. The zero-order valence-corrected chi connectivity index (χ0v) is 11.5. The summed E-state index contributed by atoms with van der Waals surface area (Å²) < 4.78 is 5.75. The second kappa shape index (κ2) is 6.36. The molecule has 0 bridgehead atoms. The number of amidine groups is 1. The minimum atomic E-state index is -0.186. The van der Waals surface area contributed by atoms with E-state index in [1.54, 1.807) is 0 Å². The number of hydrogen-bond donors (Lipinski definition) is 2. The molecular formula is C13H27N3O. The van der Waals surface area contributed by atoms with Gasteiger partial charge in [-0.1, -0.05) is 20.8 Å². The SMILES string of the molecule is CCC1CN(CCC(C)(C)C(=N)N)CCCO1. The molecule has 0 aliphatic carbocycles. The first-order valence-electron chi connectivity index (χ1n) is 6.64. The van der Waals surface area contributed by atoms with Crippen LogP contribution in [0.2, 0.25) is 0 Å². The van der Waals surface area contributed by atoms with Gasteiger partial charge in [-0.3, -0.25) is 5.41 Å². The Morgan fingerprint density at radius 2 is 2.24 bits per heavy atom. The lowest BCUT2D eigenvalue weighted by atomic mass is 9.88. The van der Waals surface area contributed by atoms with Gasteiger partial charge in [0.25, 0.3) is 0 Å². The van der Waals surface area contributed by atoms with E-state index in [0.29, 0.717) is 6.10 Å². The van der Waals surface area contributed by atoms with Crippen LogP contribution in [0.5, 0.6) is 0 Å². The highest BCUT2D eigenvalue weighted by Gasteiger charge is 2.24. The third-order valence-electron chi connectivity index (χ3n) is 3.67. The van der Waals surface area contributed by atoms with E-state index in [1.165, 1.54) is 0 Å². The van der Waals surface area contributed by atoms with Gasteiger partial charge in [-0.15, -0.1) is 0 Å². The van der Waals surface area contributed by atoms with Crippen LogP contribution >= 0.6 is 0 Å². The molecule has 0 aromatic heterocycles. The van der Waals surface area contributed by atoms with Crippen molar-refractivity contribution in [3.63, 3.8) is 0 Å². The second-order valence-electron chi connectivity index (χ2n) is 5.60. The summed E-state index contributed by atoms with van der Waals surface area (Å²) in [5.74, 6) is 0.288. The summed E-state index contributed by atoms with van der Waals surface area (Å²) in [6.07, 6.45) is 3.50. The van der Waals surface area contributed by atoms with Gasteiger partial charge in [0.05, 0.1) is 11.9 Å². The van der Waals surface area contributed by atoms with Crippen LogP contribution in [0.15, 0.2) is 0 Å². The number of ether oxygens (including phenoxy) is 1. The van der Waals surface area contributed by atoms with Crippen molar-refractivity contribution < 1.29 is 4.74 Å². The molecule has 100 valence electrons. The highest BCUT2D eigenvalue weighted by Crippen LogP contribution is 2.21. The Morgan fingerprint density at radius 1 is 1.53 bits per heavy atom. The normalized spacial score (nSPS) is 23.4. The van der Waals surface area contributed by atoms with E-state index >= 15 is 0 Å². The maximum absolute atomic E-state index is 7.57. The number of nitrogens with two attached hydrogens (primary N) is 1. The molecule has 4 nitrogen and oxygen atoms in total. The summed E-state index contributed by atoms with van der Waals surface area (Å²) in [7, 11) is 0. The van der Waals surface area contributed by atoms with Crippen LogP contribution < -0.4 is 5.73 Å². The quantitative estimate of drug-likeness (QED) is 0.570. The summed E-state index contributed by atoms with van der Waals surface area (Å²) in [6, 6.07) is 0. The Bertz CT molecular complexity index is 253. The molecule has 0 spiro atoms. The Kier molecular flexibility index (Phi) is 5.40. The van der Waals surface area contributed by atoms with Crippen molar-refractivity contribution in [2.24, 2.45) is 11.1 Å². The number of nitrogens with one attached hydrogen (secondary N) is 1. The lowest BCUT2D eigenvalue weighted by molar-refractivity contribution is 0.0511. The van der Waals surface area contributed by atoms with Crippen molar-refractivity contribution in [3.05, 3.63) is 0 Å². The van der Waals surface area contributed by atoms with Crippen molar-refractivity contribution in [2.45, 2.75) is 46.1 Å². The van der Waals surface area contributed by atoms with E-state index in [9.17, 15) is 0 Å². The molecule has 1 saturated heterocycles. The molecular weight excluding hydrogens is 214 g/mol. The average Bonchev–Trinajstić information content (AvgIpc) is 2.51. The number of rotatable bonds is 5. The largest absolute Gasteiger partial charge is 0.387 e. The van der Waals surface area contributed by atoms with E-state index in [4.69, 9.17) is 15.9 Å². The third-order valence-corrected chi connectivity index (χ3v) is 3.67. The predicted octanol–water partition coefficient (Wildman–Crippen LogP) is 1.84. The zero-order valence-electron chi connectivity index (χ0n) is 11.5. The fourth-order valence-electron chi connectivity index (χ4n) is 1.99. The van der Waals surface area contributed by atoms with Gasteiger partial charge >= 0.3 is 0 Å². The molecule has 17 heavy (non-hydrogen) atoms. The first-order chi connectivity index (χ1) is 7.95. The van der Waals surface area contributed by atoms with Crippen LogP contribution in [0, 0.1) is 10.8 Å². The van der Waals surface area contributed by atoms with Crippen LogP contribution in [0.3, 0.4) is 0 Å². The summed E-state index contributed by atoms with van der Waals surface area (Å²) in [4.78, 5) is 2.45. The number of hydrogen-bond acceptors (Lipinski definition) is 3. The summed E-state index contributed by atoms with van der Waals surface area (Å²) in [5, 5.41) is 7.57. The number of nitrogens with zero attached hydrogens (tertiary/aromatic N) is 1. The van der Waals surface area contributed by atoms with Gasteiger partial charge in [0.15, 0.2) is 0 Å². The van der Waals surface area contributed by atoms with Gasteiger partial charge in [-0.2, -0.15) is 0 Å². The highest BCUT2D eigenvalue weighted by molar-refractivity contribution is 5.82. The second-order valence-corrected chi connectivity index (χ2v) is 5.60. The van der Waals surface area contributed by atoms with Crippen LogP contribution in [-0.4, -0.2) is 43.1 Å². The molecule has 1 fully saturated rings. The van der Waals surface area contributed by atoms with Crippen LogP contribution in [-0.2, 0) is 4.74 Å².